The molecule has 1 unspecified atom stereocenters. The van der Waals surface area contributed by atoms with Gasteiger partial charge in [0.05, 0.1) is 6.54 Å². The molecule has 0 saturated carbocycles. The van der Waals surface area contributed by atoms with Gasteiger partial charge in [0, 0.05) is 6.21 Å². The highest BCUT2D eigenvalue weighted by atomic mass is 14.7. The highest BCUT2D eigenvalue weighted by molar-refractivity contribution is 6.20. The lowest BCUT2D eigenvalue weighted by molar-refractivity contribution is 0.774. The highest BCUT2D eigenvalue weighted by Gasteiger charge is 2.23. The van der Waals surface area contributed by atoms with Gasteiger partial charge in [-0.15, -0.1) is 0 Å². The summed E-state index contributed by atoms with van der Waals surface area (Å²) < 4.78 is 0. The van der Waals surface area contributed by atoms with E-state index in [0.717, 1.165) is 6.42 Å². The molecule has 1 aliphatic carbocycles. The van der Waals surface area contributed by atoms with Gasteiger partial charge in [-0.25, -0.2) is 0 Å². The first-order chi connectivity index (χ1) is 17.8. The molecule has 172 valence electrons. The number of nitrogens with zero attached hydrogens (tertiary/aromatic N) is 1. The standard InChI is InChI=1S/C35H27N/c1-23-10-8-13-24-14-9-19-32(33(23)24)35-30-17-6-4-15-28(30)34(29-16-5-7-18-31(29)35)27-20-25-11-2-3-12-26(25)21-36-22-27/h2-9,11-21,23H,10,22H2,1H3. The maximum atomic E-state index is 4.83. The average molecular weight is 462 g/mol. The Morgan fingerprint density at radius 3 is 1.97 bits per heavy atom. The number of hydrogen-bond acceptors (Lipinski definition) is 1. The number of allylic oxidation sites excluding steroid dienone is 1. The zero-order chi connectivity index (χ0) is 24.1. The summed E-state index contributed by atoms with van der Waals surface area (Å²) in [6, 6.07) is 33.2. The molecule has 5 aromatic carbocycles. The minimum Gasteiger partial charge on any atom is -0.288 e. The van der Waals surface area contributed by atoms with E-state index in [1.54, 1.807) is 0 Å². The molecule has 36 heavy (non-hydrogen) atoms. The van der Waals surface area contributed by atoms with Crippen molar-refractivity contribution in [3.05, 3.63) is 125 Å². The average Bonchev–Trinajstić information content (AvgIpc) is 3.14. The summed E-state index contributed by atoms with van der Waals surface area (Å²) in [7, 11) is 0. The van der Waals surface area contributed by atoms with Crippen LogP contribution in [-0.2, 0) is 0 Å². The molecular formula is C35H27N. The van der Waals surface area contributed by atoms with Crippen molar-refractivity contribution < 1.29 is 0 Å². The van der Waals surface area contributed by atoms with Crippen molar-refractivity contribution in [2.45, 2.75) is 19.3 Å². The first-order valence-electron chi connectivity index (χ1n) is 12.8. The maximum absolute atomic E-state index is 4.83. The second-order valence-electron chi connectivity index (χ2n) is 9.96. The molecule has 7 rings (SSSR count). The van der Waals surface area contributed by atoms with Crippen molar-refractivity contribution >= 4 is 45.5 Å². The SMILES string of the molecule is CC1CC=Cc2cccc(-c3c4ccccc4c(C4=Cc5ccccc5C=NC4)c4ccccc34)c21. The van der Waals surface area contributed by atoms with Crippen molar-refractivity contribution in [2.75, 3.05) is 6.54 Å². The molecule has 0 saturated heterocycles. The van der Waals surface area contributed by atoms with Gasteiger partial charge in [0.1, 0.15) is 0 Å². The predicted molar refractivity (Wildman–Crippen MR) is 156 cm³/mol. The topological polar surface area (TPSA) is 12.4 Å². The fourth-order valence-corrected chi connectivity index (χ4v) is 6.16. The van der Waals surface area contributed by atoms with Crippen LogP contribution in [-0.4, -0.2) is 12.8 Å². The van der Waals surface area contributed by atoms with Crippen molar-refractivity contribution in [1.82, 2.24) is 0 Å². The lowest BCUT2D eigenvalue weighted by Gasteiger charge is -2.25. The molecule has 1 heterocycles. The fraction of sp³-hybridized carbons (Fsp3) is 0.114. The second-order valence-corrected chi connectivity index (χ2v) is 9.96. The Bertz CT molecular complexity index is 1690. The van der Waals surface area contributed by atoms with Crippen LogP contribution in [0.2, 0.25) is 0 Å². The van der Waals surface area contributed by atoms with E-state index in [1.165, 1.54) is 66.1 Å². The van der Waals surface area contributed by atoms with E-state index >= 15 is 0 Å². The quantitative estimate of drug-likeness (QED) is 0.232. The summed E-state index contributed by atoms with van der Waals surface area (Å²) in [6.45, 7) is 3.03. The Balaban J connectivity index is 1.60. The maximum Gasteiger partial charge on any atom is 0.0646 e. The Kier molecular flexibility index (Phi) is 4.96. The Hall–Kier alpha value is -4.23. The minimum atomic E-state index is 0.494. The van der Waals surface area contributed by atoms with Gasteiger partial charge < -0.3 is 0 Å². The number of benzene rings is 5. The second kappa shape index (κ2) is 8.46. The van der Waals surface area contributed by atoms with Crippen LogP contribution in [0.15, 0.2) is 102 Å². The van der Waals surface area contributed by atoms with Gasteiger partial charge in [-0.2, -0.15) is 0 Å². The molecule has 1 atom stereocenters. The van der Waals surface area contributed by atoms with Crippen LogP contribution < -0.4 is 0 Å². The molecule has 1 aliphatic heterocycles. The van der Waals surface area contributed by atoms with E-state index in [2.05, 4.69) is 116 Å². The van der Waals surface area contributed by atoms with Gasteiger partial charge in [-0.3, -0.25) is 4.99 Å². The number of rotatable bonds is 2. The van der Waals surface area contributed by atoms with Crippen molar-refractivity contribution in [3.8, 4) is 11.1 Å². The molecule has 0 N–H and O–H groups in total. The molecule has 0 aromatic heterocycles. The smallest absolute Gasteiger partial charge is 0.0646 e. The number of fused-ring (bicyclic) bond motifs is 4. The van der Waals surface area contributed by atoms with Gasteiger partial charge >= 0.3 is 0 Å². The molecule has 0 bridgehead atoms. The summed E-state index contributed by atoms with van der Waals surface area (Å²) in [4.78, 5) is 4.83. The summed E-state index contributed by atoms with van der Waals surface area (Å²) in [5.41, 5.74) is 10.5. The minimum absolute atomic E-state index is 0.494. The van der Waals surface area contributed by atoms with Crippen LogP contribution in [0.5, 0.6) is 0 Å². The van der Waals surface area contributed by atoms with E-state index in [4.69, 9.17) is 4.99 Å². The van der Waals surface area contributed by atoms with E-state index in [9.17, 15) is 0 Å². The first-order valence-corrected chi connectivity index (χ1v) is 12.8. The Labute approximate surface area is 212 Å². The molecule has 0 spiro atoms. The summed E-state index contributed by atoms with van der Waals surface area (Å²) in [5, 5.41) is 5.21. The molecule has 2 aliphatic rings. The van der Waals surface area contributed by atoms with Gasteiger partial charge in [0.2, 0.25) is 0 Å². The number of aliphatic imine (C=N–C) groups is 1. The Morgan fingerprint density at radius 2 is 1.25 bits per heavy atom. The van der Waals surface area contributed by atoms with Crippen LogP contribution >= 0.6 is 0 Å². The van der Waals surface area contributed by atoms with Crippen molar-refractivity contribution in [2.24, 2.45) is 4.99 Å². The summed E-state index contributed by atoms with van der Waals surface area (Å²) in [6.07, 6.45) is 10.1. The Morgan fingerprint density at radius 1 is 0.639 bits per heavy atom. The first kappa shape index (κ1) is 21.1. The van der Waals surface area contributed by atoms with Crippen LogP contribution in [0.25, 0.3) is 50.4 Å². The van der Waals surface area contributed by atoms with Gasteiger partial charge in [-0.1, -0.05) is 110 Å². The fourth-order valence-electron chi connectivity index (χ4n) is 6.16. The third-order valence-corrected chi connectivity index (χ3v) is 7.76. The van der Waals surface area contributed by atoms with Crippen molar-refractivity contribution in [3.63, 3.8) is 0 Å². The van der Waals surface area contributed by atoms with E-state index in [1.807, 2.05) is 6.21 Å². The van der Waals surface area contributed by atoms with Crippen LogP contribution in [0.1, 0.15) is 47.1 Å². The van der Waals surface area contributed by atoms with E-state index in [-0.39, 0.29) is 0 Å². The number of hydrogen-bond donors (Lipinski definition) is 0. The zero-order valence-electron chi connectivity index (χ0n) is 20.4. The normalized spacial score (nSPS) is 16.5. The molecule has 0 amide bonds. The summed E-state index contributed by atoms with van der Waals surface area (Å²) >= 11 is 0. The lowest BCUT2D eigenvalue weighted by atomic mass is 9.79. The molecule has 0 fully saturated rings. The monoisotopic (exact) mass is 461 g/mol. The molecule has 1 nitrogen and oxygen atoms in total. The van der Waals surface area contributed by atoms with Crippen molar-refractivity contribution in [1.29, 1.82) is 0 Å². The predicted octanol–water partition coefficient (Wildman–Crippen LogP) is 9.15. The molecule has 1 heteroatoms. The molecular weight excluding hydrogens is 434 g/mol. The van der Waals surface area contributed by atoms with Gasteiger partial charge in [0.15, 0.2) is 0 Å². The third-order valence-electron chi connectivity index (χ3n) is 7.76. The highest BCUT2D eigenvalue weighted by Crippen LogP contribution is 2.46. The zero-order valence-corrected chi connectivity index (χ0v) is 20.4. The lowest BCUT2D eigenvalue weighted by Crippen LogP contribution is -2.04. The molecule has 0 radical (unpaired) electrons. The molecule has 5 aromatic rings. The summed E-state index contributed by atoms with van der Waals surface area (Å²) in [5.74, 6) is 0.494. The van der Waals surface area contributed by atoms with Gasteiger partial charge in [-0.05, 0) is 84.5 Å². The van der Waals surface area contributed by atoms with Crippen LogP contribution in [0, 0.1) is 0 Å². The van der Waals surface area contributed by atoms with Gasteiger partial charge in [0.25, 0.3) is 0 Å². The van der Waals surface area contributed by atoms with Crippen LogP contribution in [0.4, 0.5) is 0 Å². The van der Waals surface area contributed by atoms with E-state index < -0.39 is 0 Å². The third kappa shape index (κ3) is 3.27. The van der Waals surface area contributed by atoms with Crippen LogP contribution in [0.3, 0.4) is 0 Å². The van der Waals surface area contributed by atoms with E-state index in [0.29, 0.717) is 12.5 Å². The largest absolute Gasteiger partial charge is 0.288 e.